The molecule has 0 unspecified atom stereocenters. The van der Waals surface area contributed by atoms with Crippen LogP contribution in [0.3, 0.4) is 0 Å². The van der Waals surface area contributed by atoms with Gasteiger partial charge in [0.25, 0.3) is 0 Å². The van der Waals surface area contributed by atoms with Crippen molar-refractivity contribution in [3.63, 3.8) is 0 Å². The summed E-state index contributed by atoms with van der Waals surface area (Å²) in [7, 11) is 0. The van der Waals surface area contributed by atoms with Crippen molar-refractivity contribution in [1.29, 1.82) is 0 Å². The second-order valence-electron chi connectivity index (χ2n) is 18.5. The fourth-order valence-electron chi connectivity index (χ4n) is 10.3. The van der Waals surface area contributed by atoms with Gasteiger partial charge in [0.1, 0.15) is 0 Å². The molecule has 0 saturated carbocycles. The molecule has 13 rings (SSSR count). The Kier molecular flexibility index (Phi) is 13.0. The van der Waals surface area contributed by atoms with Gasteiger partial charge in [-0.2, -0.15) is 0 Å². The molecule has 352 valence electrons. The Morgan fingerprint density at radius 1 is 0.267 bits per heavy atom. The zero-order valence-electron chi connectivity index (χ0n) is 40.6. The maximum absolute atomic E-state index is 5.23. The van der Waals surface area contributed by atoms with E-state index in [4.69, 9.17) is 15.0 Å². The van der Waals surface area contributed by atoms with E-state index >= 15 is 0 Å². The molecular formula is C71H44IrN3. The summed E-state index contributed by atoms with van der Waals surface area (Å²) < 4.78 is 0. The molecular weight excluding hydrogens is 1090 g/mol. The third-order valence-corrected chi connectivity index (χ3v) is 14.0. The molecule has 0 spiro atoms. The fourth-order valence-corrected chi connectivity index (χ4v) is 10.3. The van der Waals surface area contributed by atoms with Crippen LogP contribution in [0, 0.1) is 18.2 Å². The number of fused-ring (bicyclic) bond motifs is 3. The molecule has 75 heavy (non-hydrogen) atoms. The van der Waals surface area contributed by atoms with E-state index in [1.54, 1.807) is 0 Å². The maximum Gasteiger partial charge on any atom is 3.00 e. The number of pyridine rings is 3. The molecule has 13 aromatic rings. The molecule has 3 aromatic heterocycles. The zero-order valence-corrected chi connectivity index (χ0v) is 43.0. The average Bonchev–Trinajstić information content (AvgIpc) is 3.50. The molecule has 0 amide bonds. The molecule has 0 saturated heterocycles. The molecule has 0 N–H and O–H groups in total. The quantitative estimate of drug-likeness (QED) is 0.101. The minimum Gasteiger partial charge on any atom is -0.304 e. The summed E-state index contributed by atoms with van der Waals surface area (Å²) in [4.78, 5) is 15.1. The number of rotatable bonds is 10. The van der Waals surface area contributed by atoms with Gasteiger partial charge in [0, 0.05) is 18.6 Å². The van der Waals surface area contributed by atoms with Crippen molar-refractivity contribution in [1.82, 2.24) is 15.0 Å². The van der Waals surface area contributed by atoms with Crippen molar-refractivity contribution in [3.8, 4) is 112 Å². The van der Waals surface area contributed by atoms with Gasteiger partial charge in [0.2, 0.25) is 0 Å². The van der Waals surface area contributed by atoms with Gasteiger partial charge in [-0.05, 0) is 124 Å². The Labute approximate surface area is 451 Å². The number of aromatic nitrogens is 3. The number of benzene rings is 10. The third kappa shape index (κ3) is 9.30. The van der Waals surface area contributed by atoms with Gasteiger partial charge in [0.05, 0.1) is 0 Å². The van der Waals surface area contributed by atoms with E-state index in [0.29, 0.717) is 0 Å². The van der Waals surface area contributed by atoms with E-state index < -0.39 is 0 Å². The Bertz CT molecular complexity index is 3990. The van der Waals surface area contributed by atoms with E-state index in [1.165, 1.54) is 11.1 Å². The van der Waals surface area contributed by atoms with E-state index in [-0.39, 0.29) is 20.1 Å². The molecule has 0 radical (unpaired) electrons. The minimum absolute atomic E-state index is 0. The molecule has 0 aliphatic carbocycles. The summed E-state index contributed by atoms with van der Waals surface area (Å²) in [5, 5.41) is 3.19. The van der Waals surface area contributed by atoms with Crippen LogP contribution >= 0.6 is 0 Å². The van der Waals surface area contributed by atoms with Crippen LogP contribution in [0.2, 0.25) is 0 Å². The van der Waals surface area contributed by atoms with Crippen molar-refractivity contribution in [2.24, 2.45) is 0 Å². The average molecular weight is 1130 g/mol. The topological polar surface area (TPSA) is 38.7 Å². The van der Waals surface area contributed by atoms with Crippen molar-refractivity contribution >= 4 is 21.7 Å². The van der Waals surface area contributed by atoms with E-state index in [1.807, 2.05) is 73.2 Å². The summed E-state index contributed by atoms with van der Waals surface area (Å²) in [6.45, 7) is 0. The van der Waals surface area contributed by atoms with Crippen molar-refractivity contribution < 1.29 is 20.1 Å². The SMILES string of the molecule is [Ir+3].[c-]1ccccc1-c1ccc(-c2ccccc2-c2cc(-c3ccccc3-c3ccc(-c4[c-]cccc4)nc3)cc(-c3ccccc3-c3cnc4c(ccc5c(-c6ccc(-c7ccccc7)cc6)cc[c-]c54)c3)c2)cn1. The standard InChI is InChI=1S/C71H44N3.Ir/c1-4-17-48(18-5-1)49-31-33-50(34-32-49)60-29-16-30-68-67(60)38-35-53-41-59(47-74-71(53)68)66-28-15-14-27-65(66)58-43-56(63-25-12-10-23-61(63)54-36-39-69(72-45-54)51-19-6-2-7-20-51)42-57(44-58)64-26-13-11-24-62(64)55-37-40-70(73-46-55)52-21-8-3-9-22-52;/h1-19,21,23-29,31-47H;/q-3;+3. The van der Waals surface area contributed by atoms with E-state index in [2.05, 4.69) is 212 Å². The van der Waals surface area contributed by atoms with Crippen LogP contribution in [0.15, 0.2) is 267 Å². The first kappa shape index (κ1) is 46.9. The van der Waals surface area contributed by atoms with Crippen molar-refractivity contribution in [2.45, 2.75) is 0 Å². The minimum atomic E-state index is 0. The number of nitrogens with zero attached hydrogens (tertiary/aromatic N) is 3. The summed E-state index contributed by atoms with van der Waals surface area (Å²) >= 11 is 0. The normalized spacial score (nSPS) is 11.1. The Morgan fingerprint density at radius 3 is 1.20 bits per heavy atom. The first-order valence-corrected chi connectivity index (χ1v) is 24.9. The predicted molar refractivity (Wildman–Crippen MR) is 306 cm³/mol. The molecule has 0 aliphatic rings. The van der Waals surface area contributed by atoms with Gasteiger partial charge in [0.15, 0.2) is 0 Å². The van der Waals surface area contributed by atoms with Gasteiger partial charge < -0.3 is 15.0 Å². The van der Waals surface area contributed by atoms with Gasteiger partial charge in [-0.15, -0.1) is 95.4 Å². The molecule has 0 fully saturated rings. The van der Waals surface area contributed by atoms with Crippen molar-refractivity contribution in [3.05, 3.63) is 286 Å². The van der Waals surface area contributed by atoms with Crippen LogP contribution in [-0.4, -0.2) is 15.0 Å². The van der Waals surface area contributed by atoms with Gasteiger partial charge >= 0.3 is 20.1 Å². The first-order valence-electron chi connectivity index (χ1n) is 24.9. The smallest absolute Gasteiger partial charge is 0.304 e. The van der Waals surface area contributed by atoms with Crippen LogP contribution in [-0.2, 0) is 20.1 Å². The molecule has 3 heterocycles. The third-order valence-electron chi connectivity index (χ3n) is 14.0. The largest absolute Gasteiger partial charge is 3.00 e. The Morgan fingerprint density at radius 2 is 0.707 bits per heavy atom. The van der Waals surface area contributed by atoms with E-state index in [9.17, 15) is 0 Å². The van der Waals surface area contributed by atoms with Gasteiger partial charge in [-0.3, -0.25) is 0 Å². The van der Waals surface area contributed by atoms with Crippen LogP contribution in [0.25, 0.3) is 133 Å². The summed E-state index contributed by atoms with van der Waals surface area (Å²) in [6, 6.07) is 97.9. The Hall–Kier alpha value is -9.18. The van der Waals surface area contributed by atoms with Crippen LogP contribution < -0.4 is 0 Å². The van der Waals surface area contributed by atoms with Crippen LogP contribution in [0.1, 0.15) is 0 Å². The molecule has 0 atom stereocenters. The van der Waals surface area contributed by atoms with Crippen LogP contribution in [0.4, 0.5) is 0 Å². The summed E-state index contributed by atoms with van der Waals surface area (Å²) in [5.74, 6) is 0. The summed E-state index contributed by atoms with van der Waals surface area (Å²) in [5.41, 5.74) is 22.4. The van der Waals surface area contributed by atoms with E-state index in [0.717, 1.165) is 122 Å². The molecule has 0 aliphatic heterocycles. The van der Waals surface area contributed by atoms with Crippen LogP contribution in [0.5, 0.6) is 0 Å². The monoisotopic (exact) mass is 1130 g/mol. The maximum atomic E-state index is 5.23. The number of hydrogen-bond donors (Lipinski definition) is 0. The van der Waals surface area contributed by atoms with Gasteiger partial charge in [-0.1, -0.05) is 181 Å². The zero-order chi connectivity index (χ0) is 49.2. The molecule has 10 aromatic carbocycles. The second kappa shape index (κ2) is 20.7. The summed E-state index contributed by atoms with van der Waals surface area (Å²) in [6.07, 6.45) is 5.98. The number of hydrogen-bond acceptors (Lipinski definition) is 3. The van der Waals surface area contributed by atoms with Crippen molar-refractivity contribution in [2.75, 3.05) is 0 Å². The second-order valence-corrected chi connectivity index (χ2v) is 18.5. The van der Waals surface area contributed by atoms with Gasteiger partial charge in [-0.25, -0.2) is 0 Å². The predicted octanol–water partition coefficient (Wildman–Crippen LogP) is 18.2. The molecule has 4 heteroatoms. The Balaban J connectivity index is 0.00000569. The molecule has 0 bridgehead atoms. The molecule has 3 nitrogen and oxygen atoms in total. The fraction of sp³-hybridized carbons (Fsp3) is 0. The first-order chi connectivity index (χ1) is 36.7.